The van der Waals surface area contributed by atoms with E-state index in [0.29, 0.717) is 15.6 Å². The van der Waals surface area contributed by atoms with Gasteiger partial charge in [-0.25, -0.2) is 9.18 Å². The first-order chi connectivity index (χ1) is 10.6. The standard InChI is InChI=1S/C17H11BrFNO2/c18-15-6-7-16(19)12(9-15)5-8-17(21)22-11-14-4-2-1-3-13(14)10-20/h1-9H,11H2/b8-5+. The Morgan fingerprint density at radius 1 is 1.32 bits per heavy atom. The van der Waals surface area contributed by atoms with Crippen LogP contribution in [0, 0.1) is 17.1 Å². The fourth-order valence-corrected chi connectivity index (χ4v) is 2.13. The first kappa shape index (κ1) is 15.9. The van der Waals surface area contributed by atoms with Gasteiger partial charge >= 0.3 is 5.97 Å². The summed E-state index contributed by atoms with van der Waals surface area (Å²) in [4.78, 5) is 11.7. The Kier molecular flexibility index (Phi) is 5.45. The predicted octanol–water partition coefficient (Wildman–Crippen LogP) is 4.22. The third kappa shape index (κ3) is 4.27. The summed E-state index contributed by atoms with van der Waals surface area (Å²) in [6, 6.07) is 13.3. The number of carbonyl (C=O) groups is 1. The third-order valence-corrected chi connectivity index (χ3v) is 3.36. The maximum Gasteiger partial charge on any atom is 0.331 e. The molecule has 0 saturated heterocycles. The summed E-state index contributed by atoms with van der Waals surface area (Å²) < 4.78 is 19.3. The van der Waals surface area contributed by atoms with Gasteiger partial charge in [-0.05, 0) is 30.3 Å². The smallest absolute Gasteiger partial charge is 0.331 e. The number of nitriles is 1. The molecular weight excluding hydrogens is 349 g/mol. The van der Waals surface area contributed by atoms with Crippen molar-refractivity contribution < 1.29 is 13.9 Å². The van der Waals surface area contributed by atoms with Gasteiger partial charge in [0.1, 0.15) is 12.4 Å². The van der Waals surface area contributed by atoms with E-state index in [1.807, 2.05) is 6.07 Å². The van der Waals surface area contributed by atoms with Gasteiger partial charge in [0.2, 0.25) is 0 Å². The van der Waals surface area contributed by atoms with Crippen LogP contribution in [0.15, 0.2) is 53.0 Å². The van der Waals surface area contributed by atoms with E-state index in [1.165, 1.54) is 12.1 Å². The lowest BCUT2D eigenvalue weighted by Crippen LogP contribution is -2.02. The highest BCUT2D eigenvalue weighted by atomic mass is 79.9. The van der Waals surface area contributed by atoms with Gasteiger partial charge in [-0.15, -0.1) is 0 Å². The molecule has 0 atom stereocenters. The number of esters is 1. The molecule has 0 saturated carbocycles. The number of rotatable bonds is 4. The second kappa shape index (κ2) is 7.53. The first-order valence-electron chi connectivity index (χ1n) is 6.38. The third-order valence-electron chi connectivity index (χ3n) is 2.86. The normalized spacial score (nSPS) is 10.4. The van der Waals surface area contributed by atoms with E-state index in [9.17, 15) is 9.18 Å². The molecule has 0 spiro atoms. The van der Waals surface area contributed by atoms with Crippen molar-refractivity contribution in [1.29, 1.82) is 5.26 Å². The number of nitrogens with zero attached hydrogens (tertiary/aromatic N) is 1. The lowest BCUT2D eigenvalue weighted by atomic mass is 10.1. The average Bonchev–Trinajstić information content (AvgIpc) is 2.54. The van der Waals surface area contributed by atoms with Crippen molar-refractivity contribution in [3.8, 4) is 6.07 Å². The Bertz CT molecular complexity index is 765. The van der Waals surface area contributed by atoms with Gasteiger partial charge in [-0.2, -0.15) is 5.26 Å². The van der Waals surface area contributed by atoms with Crippen LogP contribution in [0.3, 0.4) is 0 Å². The molecule has 3 nitrogen and oxygen atoms in total. The van der Waals surface area contributed by atoms with Crippen LogP contribution in [0.4, 0.5) is 4.39 Å². The number of benzene rings is 2. The Hall–Kier alpha value is -2.45. The molecule has 0 N–H and O–H groups in total. The molecule has 0 unspecified atom stereocenters. The predicted molar refractivity (Wildman–Crippen MR) is 84.1 cm³/mol. The molecule has 0 aliphatic heterocycles. The highest BCUT2D eigenvalue weighted by molar-refractivity contribution is 9.10. The molecule has 0 aliphatic carbocycles. The maximum absolute atomic E-state index is 13.5. The van der Waals surface area contributed by atoms with E-state index < -0.39 is 11.8 Å². The molecule has 2 rings (SSSR count). The van der Waals surface area contributed by atoms with Crippen molar-refractivity contribution in [2.24, 2.45) is 0 Å². The van der Waals surface area contributed by atoms with Gasteiger partial charge in [0.05, 0.1) is 11.6 Å². The number of hydrogen-bond acceptors (Lipinski definition) is 3. The molecule has 2 aromatic rings. The van der Waals surface area contributed by atoms with E-state index in [2.05, 4.69) is 15.9 Å². The second-order valence-corrected chi connectivity index (χ2v) is 5.29. The van der Waals surface area contributed by atoms with Crippen molar-refractivity contribution in [3.63, 3.8) is 0 Å². The Balaban J connectivity index is 2.00. The van der Waals surface area contributed by atoms with Crippen LogP contribution in [0.1, 0.15) is 16.7 Å². The van der Waals surface area contributed by atoms with Crippen LogP contribution in [-0.4, -0.2) is 5.97 Å². The Morgan fingerprint density at radius 2 is 2.09 bits per heavy atom. The van der Waals surface area contributed by atoms with Gasteiger partial charge in [-0.3, -0.25) is 0 Å². The quantitative estimate of drug-likeness (QED) is 0.606. The molecule has 0 heterocycles. The minimum atomic E-state index is -0.605. The molecule has 0 amide bonds. The van der Waals surface area contributed by atoms with Crippen molar-refractivity contribution in [3.05, 3.63) is 75.5 Å². The minimum Gasteiger partial charge on any atom is -0.458 e. The molecule has 0 radical (unpaired) electrons. The molecule has 0 bridgehead atoms. The molecule has 0 fully saturated rings. The summed E-state index contributed by atoms with van der Waals surface area (Å²) in [6.45, 7) is -0.00608. The number of halogens is 2. The molecule has 2 aromatic carbocycles. The van der Waals surface area contributed by atoms with Crippen LogP contribution in [-0.2, 0) is 16.1 Å². The number of hydrogen-bond donors (Lipinski definition) is 0. The van der Waals surface area contributed by atoms with Crippen LogP contribution in [0.25, 0.3) is 6.08 Å². The molecular formula is C17H11BrFNO2. The zero-order chi connectivity index (χ0) is 15.9. The molecule has 5 heteroatoms. The lowest BCUT2D eigenvalue weighted by molar-refractivity contribution is -0.138. The molecule has 110 valence electrons. The van der Waals surface area contributed by atoms with E-state index in [-0.39, 0.29) is 12.2 Å². The van der Waals surface area contributed by atoms with E-state index in [4.69, 9.17) is 10.00 Å². The molecule has 0 aromatic heterocycles. The zero-order valence-corrected chi connectivity index (χ0v) is 13.0. The highest BCUT2D eigenvalue weighted by Crippen LogP contribution is 2.17. The van der Waals surface area contributed by atoms with Crippen molar-refractivity contribution in [2.75, 3.05) is 0 Å². The summed E-state index contributed by atoms with van der Waals surface area (Å²) in [7, 11) is 0. The second-order valence-electron chi connectivity index (χ2n) is 4.38. The summed E-state index contributed by atoms with van der Waals surface area (Å²) in [5, 5.41) is 8.94. The maximum atomic E-state index is 13.5. The Morgan fingerprint density at radius 3 is 2.86 bits per heavy atom. The van der Waals surface area contributed by atoms with E-state index >= 15 is 0 Å². The lowest BCUT2D eigenvalue weighted by Gasteiger charge is -2.04. The fraction of sp³-hybridized carbons (Fsp3) is 0.0588. The van der Waals surface area contributed by atoms with Crippen LogP contribution < -0.4 is 0 Å². The monoisotopic (exact) mass is 359 g/mol. The van der Waals surface area contributed by atoms with Crippen molar-refractivity contribution in [2.45, 2.75) is 6.61 Å². The summed E-state index contributed by atoms with van der Waals surface area (Å²) in [5.74, 6) is -1.03. The topological polar surface area (TPSA) is 50.1 Å². The fourth-order valence-electron chi connectivity index (χ4n) is 1.75. The molecule has 0 aliphatic rings. The van der Waals surface area contributed by atoms with Gasteiger partial charge in [0.15, 0.2) is 0 Å². The van der Waals surface area contributed by atoms with Crippen LogP contribution >= 0.6 is 15.9 Å². The van der Waals surface area contributed by atoms with Crippen molar-refractivity contribution >= 4 is 28.0 Å². The Labute approximate surface area is 135 Å². The minimum absolute atomic E-state index is 0.00608. The highest BCUT2D eigenvalue weighted by Gasteiger charge is 2.05. The van der Waals surface area contributed by atoms with E-state index in [1.54, 1.807) is 36.4 Å². The van der Waals surface area contributed by atoms with Crippen LogP contribution in [0.2, 0.25) is 0 Å². The summed E-state index contributed by atoms with van der Waals surface area (Å²) in [6.07, 6.45) is 2.50. The van der Waals surface area contributed by atoms with Crippen molar-refractivity contribution in [1.82, 2.24) is 0 Å². The first-order valence-corrected chi connectivity index (χ1v) is 7.17. The van der Waals surface area contributed by atoms with E-state index in [0.717, 1.165) is 6.08 Å². The van der Waals surface area contributed by atoms with Gasteiger partial charge in [-0.1, -0.05) is 34.1 Å². The van der Waals surface area contributed by atoms with Gasteiger partial charge in [0, 0.05) is 21.7 Å². The van der Waals surface area contributed by atoms with Gasteiger partial charge in [0.25, 0.3) is 0 Å². The SMILES string of the molecule is N#Cc1ccccc1COC(=O)/C=C/c1cc(Br)ccc1F. The molecule has 22 heavy (non-hydrogen) atoms. The number of carbonyl (C=O) groups excluding carboxylic acids is 1. The largest absolute Gasteiger partial charge is 0.458 e. The van der Waals surface area contributed by atoms with Gasteiger partial charge < -0.3 is 4.74 Å². The average molecular weight is 360 g/mol. The van der Waals surface area contributed by atoms with Crippen LogP contribution in [0.5, 0.6) is 0 Å². The zero-order valence-electron chi connectivity index (χ0n) is 11.4. The summed E-state index contributed by atoms with van der Waals surface area (Å²) >= 11 is 3.23. The number of ether oxygens (including phenoxy) is 1. The summed E-state index contributed by atoms with van der Waals surface area (Å²) in [5.41, 5.74) is 1.36.